The van der Waals surface area contributed by atoms with Crippen molar-refractivity contribution in [2.45, 2.75) is 25.5 Å². The Hall–Kier alpha value is -2.25. The molecule has 0 N–H and O–H groups in total. The maximum Gasteiger partial charge on any atom is 0.270 e. The van der Waals surface area contributed by atoms with Gasteiger partial charge in [-0.05, 0) is 31.0 Å². The van der Waals surface area contributed by atoms with Gasteiger partial charge in [-0.2, -0.15) is 0 Å². The van der Waals surface area contributed by atoms with Crippen LogP contribution >= 0.6 is 0 Å². The van der Waals surface area contributed by atoms with Crippen LogP contribution in [0.5, 0.6) is 0 Å². The summed E-state index contributed by atoms with van der Waals surface area (Å²) in [5.41, 5.74) is 1.24. The zero-order valence-corrected chi connectivity index (χ0v) is 14.1. The number of methoxy groups -OCH3 is 2. The largest absolute Gasteiger partial charge is 0.383 e. The molecule has 1 fully saturated rings. The monoisotopic (exact) mass is 331 g/mol. The Morgan fingerprint density at radius 1 is 1.42 bits per heavy atom. The lowest BCUT2D eigenvalue weighted by Crippen LogP contribution is -2.41. The molecule has 128 valence electrons. The molecule has 0 saturated carbocycles. The third-order valence-electron chi connectivity index (χ3n) is 4.42. The van der Waals surface area contributed by atoms with Gasteiger partial charge >= 0.3 is 0 Å². The molecule has 3 rings (SSSR count). The first-order valence-corrected chi connectivity index (χ1v) is 7.86. The van der Waals surface area contributed by atoms with Crippen molar-refractivity contribution < 1.29 is 14.3 Å². The summed E-state index contributed by atoms with van der Waals surface area (Å²) < 4.78 is 12.0. The van der Waals surface area contributed by atoms with Crippen molar-refractivity contribution >= 4 is 11.6 Å². The van der Waals surface area contributed by atoms with E-state index in [1.54, 1.807) is 31.4 Å². The molecule has 0 radical (unpaired) electrons. The molecule has 0 bridgehead atoms. The fourth-order valence-electron chi connectivity index (χ4n) is 3.12. The second-order valence-electron chi connectivity index (χ2n) is 6.07. The van der Waals surface area contributed by atoms with Crippen LogP contribution in [0.4, 0.5) is 0 Å². The summed E-state index contributed by atoms with van der Waals surface area (Å²) in [7, 11) is 3.22. The summed E-state index contributed by atoms with van der Waals surface area (Å²) >= 11 is 0. The van der Waals surface area contributed by atoms with E-state index >= 15 is 0 Å². The summed E-state index contributed by atoms with van der Waals surface area (Å²) in [6.45, 7) is 2.78. The second-order valence-corrected chi connectivity index (χ2v) is 6.07. The van der Waals surface area contributed by atoms with Crippen LogP contribution in [-0.2, 0) is 9.47 Å². The van der Waals surface area contributed by atoms with Gasteiger partial charge in [0.15, 0.2) is 0 Å². The normalized spacial score (nSPS) is 20.7. The van der Waals surface area contributed by atoms with Crippen molar-refractivity contribution in [2.24, 2.45) is 0 Å². The number of aryl methyl sites for hydroxylation is 1. The highest BCUT2D eigenvalue weighted by Gasteiger charge is 2.36. The summed E-state index contributed by atoms with van der Waals surface area (Å²) in [6.07, 6.45) is 3.65. The van der Waals surface area contributed by atoms with E-state index in [2.05, 4.69) is 4.98 Å². The van der Waals surface area contributed by atoms with Gasteiger partial charge in [0.2, 0.25) is 0 Å². The molecule has 24 heavy (non-hydrogen) atoms. The highest BCUT2D eigenvalue weighted by atomic mass is 16.5. The van der Waals surface area contributed by atoms with Crippen molar-refractivity contribution in [3.8, 4) is 0 Å². The van der Waals surface area contributed by atoms with Gasteiger partial charge in [0.25, 0.3) is 11.5 Å². The fraction of sp³-hybridized carbons (Fsp3) is 0.471. The lowest BCUT2D eigenvalue weighted by Gasteiger charge is -2.23. The molecule has 0 unspecified atom stereocenters. The third kappa shape index (κ3) is 2.92. The summed E-state index contributed by atoms with van der Waals surface area (Å²) in [5.74, 6) is -0.330. The molecular formula is C17H21N3O4. The predicted octanol–water partition coefficient (Wildman–Crippen LogP) is 0.879. The maximum absolute atomic E-state index is 12.9. The van der Waals surface area contributed by atoms with Crippen LogP contribution in [0.1, 0.15) is 22.3 Å². The van der Waals surface area contributed by atoms with Gasteiger partial charge < -0.3 is 14.4 Å². The Balaban J connectivity index is 1.97. The minimum atomic E-state index is -0.359. The van der Waals surface area contributed by atoms with Gasteiger partial charge in [-0.25, -0.2) is 4.98 Å². The minimum Gasteiger partial charge on any atom is -0.383 e. The smallest absolute Gasteiger partial charge is 0.270 e. The number of carbonyl (C=O) groups excluding carboxylic acids is 1. The Bertz CT molecular complexity index is 817. The molecule has 7 heteroatoms. The molecule has 2 atom stereocenters. The average Bonchev–Trinajstić information content (AvgIpc) is 2.98. The Labute approximate surface area is 139 Å². The second kappa shape index (κ2) is 6.70. The fourth-order valence-corrected chi connectivity index (χ4v) is 3.12. The van der Waals surface area contributed by atoms with Crippen LogP contribution < -0.4 is 5.56 Å². The van der Waals surface area contributed by atoms with Crippen LogP contribution in [0.25, 0.3) is 5.65 Å². The molecule has 1 aliphatic heterocycles. The zero-order valence-electron chi connectivity index (χ0n) is 14.1. The molecular weight excluding hydrogens is 310 g/mol. The molecule has 0 aromatic carbocycles. The topological polar surface area (TPSA) is 73.1 Å². The van der Waals surface area contributed by atoms with Gasteiger partial charge in [-0.1, -0.05) is 0 Å². The lowest BCUT2D eigenvalue weighted by atomic mass is 10.2. The molecule has 2 aromatic rings. The molecule has 0 spiro atoms. The number of ether oxygens (including phenoxy) is 2. The average molecular weight is 331 g/mol. The van der Waals surface area contributed by atoms with E-state index in [1.165, 1.54) is 10.6 Å². The minimum absolute atomic E-state index is 0.0482. The molecule has 2 aromatic heterocycles. The van der Waals surface area contributed by atoms with Gasteiger partial charge in [0.1, 0.15) is 11.2 Å². The zero-order chi connectivity index (χ0) is 17.3. The van der Waals surface area contributed by atoms with E-state index < -0.39 is 0 Å². The Morgan fingerprint density at radius 3 is 2.92 bits per heavy atom. The van der Waals surface area contributed by atoms with Gasteiger partial charge in [-0.15, -0.1) is 0 Å². The van der Waals surface area contributed by atoms with Gasteiger partial charge in [0.05, 0.1) is 18.8 Å². The van der Waals surface area contributed by atoms with Gasteiger partial charge in [-0.3, -0.25) is 14.0 Å². The molecule has 0 aliphatic carbocycles. The molecule has 1 amide bonds. The number of nitrogens with zero attached hydrogens (tertiary/aromatic N) is 3. The van der Waals surface area contributed by atoms with Crippen molar-refractivity contribution in [1.82, 2.24) is 14.3 Å². The predicted molar refractivity (Wildman–Crippen MR) is 88.3 cm³/mol. The number of rotatable bonds is 4. The lowest BCUT2D eigenvalue weighted by molar-refractivity contribution is 0.0610. The van der Waals surface area contributed by atoms with Crippen LogP contribution in [0, 0.1) is 6.92 Å². The number of carbonyl (C=O) groups is 1. The Kier molecular flexibility index (Phi) is 4.64. The molecule has 1 aliphatic rings. The van der Waals surface area contributed by atoms with Gasteiger partial charge in [0, 0.05) is 33.2 Å². The van der Waals surface area contributed by atoms with Crippen molar-refractivity contribution in [1.29, 1.82) is 0 Å². The maximum atomic E-state index is 12.9. The third-order valence-corrected chi connectivity index (χ3v) is 4.42. The van der Waals surface area contributed by atoms with Crippen LogP contribution in [0.2, 0.25) is 0 Å². The van der Waals surface area contributed by atoms with E-state index in [-0.39, 0.29) is 29.2 Å². The summed E-state index contributed by atoms with van der Waals surface area (Å²) in [5, 5.41) is 0. The first kappa shape index (κ1) is 16.6. The van der Waals surface area contributed by atoms with E-state index in [0.29, 0.717) is 25.2 Å². The first-order chi connectivity index (χ1) is 11.5. The van der Waals surface area contributed by atoms with Crippen molar-refractivity contribution in [3.63, 3.8) is 0 Å². The van der Waals surface area contributed by atoms with Crippen molar-refractivity contribution in [3.05, 3.63) is 46.0 Å². The number of fused-ring (bicyclic) bond motifs is 1. The van der Waals surface area contributed by atoms with E-state index in [4.69, 9.17) is 9.47 Å². The highest BCUT2D eigenvalue weighted by Crippen LogP contribution is 2.22. The van der Waals surface area contributed by atoms with Crippen LogP contribution in [0.15, 0.2) is 29.3 Å². The molecule has 3 heterocycles. The highest BCUT2D eigenvalue weighted by molar-refractivity contribution is 5.94. The SMILES string of the molecule is COC[C@@H]1C[C@H](OC)CN1C(=O)c1cnc2cc(C)ccn2c1=O. The summed E-state index contributed by atoms with van der Waals surface area (Å²) in [6, 6.07) is 3.51. The number of amides is 1. The van der Waals surface area contributed by atoms with E-state index in [0.717, 1.165) is 5.56 Å². The number of likely N-dealkylation sites (tertiary alicyclic amines) is 1. The molecule has 7 nitrogen and oxygen atoms in total. The molecule has 1 saturated heterocycles. The van der Waals surface area contributed by atoms with Crippen molar-refractivity contribution in [2.75, 3.05) is 27.4 Å². The number of aromatic nitrogens is 2. The quantitative estimate of drug-likeness (QED) is 0.831. The number of hydrogen-bond acceptors (Lipinski definition) is 5. The standard InChI is InChI=1S/C17H21N3O4/c1-11-4-5-19-15(6-11)18-8-14(16(19)21)17(22)20-9-13(24-3)7-12(20)10-23-2/h4-6,8,12-13H,7,9-10H2,1-3H3/t12-,13-/m0/s1. The van der Waals surface area contributed by atoms with E-state index in [9.17, 15) is 9.59 Å². The number of hydrogen-bond donors (Lipinski definition) is 0. The van der Waals surface area contributed by atoms with Crippen LogP contribution in [0.3, 0.4) is 0 Å². The number of pyridine rings is 1. The first-order valence-electron chi connectivity index (χ1n) is 7.86. The van der Waals surface area contributed by atoms with E-state index in [1.807, 2.05) is 13.0 Å². The van der Waals surface area contributed by atoms with Crippen LogP contribution in [-0.4, -0.2) is 59.7 Å². The summed E-state index contributed by atoms with van der Waals surface area (Å²) in [4.78, 5) is 31.5. The Morgan fingerprint density at radius 2 is 2.21 bits per heavy atom.